The highest BCUT2D eigenvalue weighted by Gasteiger charge is 2.03. The van der Waals surface area contributed by atoms with Crippen molar-refractivity contribution in [2.24, 2.45) is 5.73 Å². The van der Waals surface area contributed by atoms with Crippen LogP contribution in [0, 0.1) is 0 Å². The third-order valence-electron chi connectivity index (χ3n) is 2.03. The molecule has 1 atom stereocenters. The second-order valence-corrected chi connectivity index (χ2v) is 3.02. The second kappa shape index (κ2) is 6.79. The number of aliphatic hydroxyl groups is 2. The van der Waals surface area contributed by atoms with E-state index >= 15 is 0 Å². The summed E-state index contributed by atoms with van der Waals surface area (Å²) in [7, 11) is 0. The zero-order valence-electron chi connectivity index (χ0n) is 7.89. The molecular formula is C10H16ClNO2. The number of hydrogen-bond acceptors (Lipinski definition) is 3. The molecule has 0 aliphatic carbocycles. The maximum Gasteiger partial charge on any atom is 0.0681 e. The molecule has 0 spiro atoms. The van der Waals surface area contributed by atoms with Crippen LogP contribution in [-0.4, -0.2) is 16.8 Å². The van der Waals surface area contributed by atoms with Crippen LogP contribution < -0.4 is 5.73 Å². The summed E-state index contributed by atoms with van der Waals surface area (Å²) in [4.78, 5) is 0. The molecule has 0 fully saturated rings. The Balaban J connectivity index is 0.00000169. The largest absolute Gasteiger partial charge is 0.396 e. The highest BCUT2D eigenvalue weighted by Crippen LogP contribution is 2.14. The van der Waals surface area contributed by atoms with Gasteiger partial charge in [-0.1, -0.05) is 24.3 Å². The molecule has 0 amide bonds. The van der Waals surface area contributed by atoms with E-state index < -0.39 is 0 Å². The Morgan fingerprint density at radius 2 is 1.71 bits per heavy atom. The van der Waals surface area contributed by atoms with E-state index in [0.717, 1.165) is 11.1 Å². The Kier molecular flexibility index (Phi) is 6.49. The van der Waals surface area contributed by atoms with Crippen LogP contribution in [0.2, 0.25) is 0 Å². The Morgan fingerprint density at radius 1 is 1.14 bits per heavy atom. The van der Waals surface area contributed by atoms with E-state index in [0.29, 0.717) is 6.42 Å². The molecule has 4 heteroatoms. The first-order valence-electron chi connectivity index (χ1n) is 4.34. The van der Waals surface area contributed by atoms with Crippen LogP contribution in [0.4, 0.5) is 0 Å². The smallest absolute Gasteiger partial charge is 0.0681 e. The van der Waals surface area contributed by atoms with E-state index in [9.17, 15) is 0 Å². The van der Waals surface area contributed by atoms with Crippen molar-refractivity contribution < 1.29 is 10.2 Å². The average molecular weight is 218 g/mol. The van der Waals surface area contributed by atoms with Crippen LogP contribution in [0.15, 0.2) is 24.3 Å². The van der Waals surface area contributed by atoms with Crippen molar-refractivity contribution in [3.05, 3.63) is 35.4 Å². The van der Waals surface area contributed by atoms with Crippen LogP contribution in [0.25, 0.3) is 0 Å². The third kappa shape index (κ3) is 3.64. The summed E-state index contributed by atoms with van der Waals surface area (Å²) >= 11 is 0. The number of benzene rings is 1. The quantitative estimate of drug-likeness (QED) is 0.705. The highest BCUT2D eigenvalue weighted by atomic mass is 35.5. The van der Waals surface area contributed by atoms with Crippen LogP contribution >= 0.6 is 12.4 Å². The van der Waals surface area contributed by atoms with Gasteiger partial charge in [-0.15, -0.1) is 12.4 Å². The number of aliphatic hydroxyl groups excluding tert-OH is 2. The molecule has 4 N–H and O–H groups in total. The molecule has 1 aromatic rings. The molecular weight excluding hydrogens is 202 g/mol. The Hall–Kier alpha value is -0.610. The minimum absolute atomic E-state index is 0. The van der Waals surface area contributed by atoms with Gasteiger partial charge in [0.25, 0.3) is 0 Å². The average Bonchev–Trinajstić information content (AvgIpc) is 2.18. The maximum atomic E-state index is 8.80. The molecule has 1 unspecified atom stereocenters. The van der Waals surface area contributed by atoms with Gasteiger partial charge in [-0.05, 0) is 17.5 Å². The first-order chi connectivity index (χ1) is 6.27. The second-order valence-electron chi connectivity index (χ2n) is 3.02. The van der Waals surface area contributed by atoms with E-state index in [1.807, 2.05) is 24.3 Å². The lowest BCUT2D eigenvalue weighted by atomic mass is 10.0. The van der Waals surface area contributed by atoms with Crippen molar-refractivity contribution >= 4 is 12.4 Å². The van der Waals surface area contributed by atoms with Crippen LogP contribution in [0.5, 0.6) is 0 Å². The van der Waals surface area contributed by atoms with Crippen molar-refractivity contribution in [3.63, 3.8) is 0 Å². The fourth-order valence-corrected chi connectivity index (χ4v) is 1.18. The molecule has 0 aliphatic heterocycles. The standard InChI is InChI=1S/C10H15NO2.ClH/c11-10(5-6-12)9-3-1-8(7-13)2-4-9;/h1-4,10,12-13H,5-7,11H2;1H. The summed E-state index contributed by atoms with van der Waals surface area (Å²) in [6.07, 6.45) is 0.568. The van der Waals surface area contributed by atoms with Crippen LogP contribution in [-0.2, 0) is 6.61 Å². The van der Waals surface area contributed by atoms with Gasteiger partial charge in [-0.2, -0.15) is 0 Å². The van der Waals surface area contributed by atoms with E-state index in [1.165, 1.54) is 0 Å². The minimum atomic E-state index is -0.113. The van der Waals surface area contributed by atoms with Gasteiger partial charge in [0, 0.05) is 12.6 Å². The molecule has 0 aromatic heterocycles. The monoisotopic (exact) mass is 217 g/mol. The van der Waals surface area contributed by atoms with Crippen LogP contribution in [0.1, 0.15) is 23.6 Å². The van der Waals surface area contributed by atoms with Crippen molar-refractivity contribution in [3.8, 4) is 0 Å². The third-order valence-corrected chi connectivity index (χ3v) is 2.03. The Morgan fingerprint density at radius 3 is 2.14 bits per heavy atom. The molecule has 0 heterocycles. The SMILES string of the molecule is Cl.NC(CCO)c1ccc(CO)cc1. The molecule has 1 rings (SSSR count). The summed E-state index contributed by atoms with van der Waals surface area (Å²) in [5.41, 5.74) is 7.64. The molecule has 0 aliphatic rings. The van der Waals surface area contributed by atoms with E-state index in [2.05, 4.69) is 0 Å². The predicted octanol–water partition coefficient (Wildman–Crippen LogP) is 0.983. The Labute approximate surface area is 90.0 Å². The fourth-order valence-electron chi connectivity index (χ4n) is 1.18. The summed E-state index contributed by atoms with van der Waals surface area (Å²) in [6, 6.07) is 7.33. The number of rotatable bonds is 4. The number of hydrogen-bond donors (Lipinski definition) is 3. The van der Waals surface area contributed by atoms with Crippen molar-refractivity contribution in [2.45, 2.75) is 19.1 Å². The zero-order valence-corrected chi connectivity index (χ0v) is 8.70. The van der Waals surface area contributed by atoms with Gasteiger partial charge in [0.2, 0.25) is 0 Å². The van der Waals surface area contributed by atoms with Crippen molar-refractivity contribution in [1.82, 2.24) is 0 Å². The molecule has 14 heavy (non-hydrogen) atoms. The lowest BCUT2D eigenvalue weighted by molar-refractivity contribution is 0.276. The molecule has 0 saturated heterocycles. The van der Waals surface area contributed by atoms with Gasteiger partial charge in [0.1, 0.15) is 0 Å². The van der Waals surface area contributed by atoms with Gasteiger partial charge >= 0.3 is 0 Å². The number of nitrogens with two attached hydrogens (primary N) is 1. The lowest BCUT2D eigenvalue weighted by Crippen LogP contribution is -2.11. The molecule has 3 nitrogen and oxygen atoms in total. The predicted molar refractivity (Wildman–Crippen MR) is 58.2 cm³/mol. The molecule has 0 saturated carbocycles. The summed E-state index contributed by atoms with van der Waals surface area (Å²) in [6.45, 7) is 0.151. The van der Waals surface area contributed by atoms with Crippen molar-refractivity contribution in [2.75, 3.05) is 6.61 Å². The van der Waals surface area contributed by atoms with Gasteiger partial charge in [-0.25, -0.2) is 0 Å². The van der Waals surface area contributed by atoms with Crippen LogP contribution in [0.3, 0.4) is 0 Å². The zero-order chi connectivity index (χ0) is 9.68. The first-order valence-corrected chi connectivity index (χ1v) is 4.34. The molecule has 80 valence electrons. The normalized spacial score (nSPS) is 11.9. The van der Waals surface area contributed by atoms with Gasteiger partial charge in [-0.3, -0.25) is 0 Å². The fraction of sp³-hybridized carbons (Fsp3) is 0.400. The van der Waals surface area contributed by atoms with E-state index in [4.69, 9.17) is 15.9 Å². The van der Waals surface area contributed by atoms with Gasteiger partial charge in [0.15, 0.2) is 0 Å². The summed E-state index contributed by atoms with van der Waals surface area (Å²) in [5.74, 6) is 0. The van der Waals surface area contributed by atoms with E-state index in [-0.39, 0.29) is 31.7 Å². The topological polar surface area (TPSA) is 66.5 Å². The molecule has 0 radical (unpaired) electrons. The molecule has 0 bridgehead atoms. The summed E-state index contributed by atoms with van der Waals surface area (Å²) < 4.78 is 0. The van der Waals surface area contributed by atoms with Gasteiger partial charge in [0.05, 0.1) is 6.61 Å². The number of halogens is 1. The van der Waals surface area contributed by atoms with E-state index in [1.54, 1.807) is 0 Å². The lowest BCUT2D eigenvalue weighted by Gasteiger charge is -2.10. The minimum Gasteiger partial charge on any atom is -0.396 e. The molecule has 1 aromatic carbocycles. The highest BCUT2D eigenvalue weighted by molar-refractivity contribution is 5.85. The maximum absolute atomic E-state index is 8.80. The Bertz CT molecular complexity index is 251. The van der Waals surface area contributed by atoms with Gasteiger partial charge < -0.3 is 15.9 Å². The first kappa shape index (κ1) is 13.4. The van der Waals surface area contributed by atoms with Crippen molar-refractivity contribution in [1.29, 1.82) is 0 Å². The summed E-state index contributed by atoms with van der Waals surface area (Å²) in [5, 5.41) is 17.5.